The molecule has 45 heavy (non-hydrogen) atoms. The maximum absolute atomic E-state index is 14.6. The van der Waals surface area contributed by atoms with Crippen LogP contribution >= 0.6 is 0 Å². The first-order chi connectivity index (χ1) is 21.7. The molecule has 4 aliphatic rings. The number of benzene rings is 1. The third kappa shape index (κ3) is 6.40. The number of aromatic nitrogens is 2. The molecule has 1 aliphatic carbocycles. The van der Waals surface area contributed by atoms with Crippen molar-refractivity contribution in [1.29, 1.82) is 0 Å². The molecule has 3 aliphatic heterocycles. The van der Waals surface area contributed by atoms with Gasteiger partial charge in [0.25, 0.3) is 0 Å². The zero-order chi connectivity index (χ0) is 31.8. The monoisotopic (exact) mass is 621 g/mol. The predicted molar refractivity (Wildman–Crippen MR) is 167 cm³/mol. The Hall–Kier alpha value is -3.27. The van der Waals surface area contributed by atoms with Crippen molar-refractivity contribution in [3.63, 3.8) is 0 Å². The van der Waals surface area contributed by atoms with Crippen LogP contribution in [0.3, 0.4) is 0 Å². The fraction of sp³-hybridized carbons (Fsp3) is 0.686. The molecular formula is C35H47N3O7. The average molecular weight is 622 g/mol. The Kier molecular flexibility index (Phi) is 9.05. The second-order valence-corrected chi connectivity index (χ2v) is 14.0. The van der Waals surface area contributed by atoms with E-state index in [1.54, 1.807) is 12.0 Å². The van der Waals surface area contributed by atoms with Gasteiger partial charge in [-0.05, 0) is 69.4 Å². The Morgan fingerprint density at radius 1 is 1.09 bits per heavy atom. The van der Waals surface area contributed by atoms with Crippen LogP contribution in [0.2, 0.25) is 0 Å². The standard InChI is InChI=1S/C35H47N3O7/c1-5-24-29(21-39)38-20-30(24)44-32-27(36-26-12-11-23(42-4)17-28(26)37-32)10-8-6-7-9-22-19-35(22,3)45-31(40)18-25(33(38)41)34(2)13-15-43-16-14-34/h11-12,17,21-22,24-25,29-30H,5-10,13-16,18-20H2,1-4H3/t22-,24+,25-,29-,30+,35-/m1/s1. The molecule has 244 valence electrons. The van der Waals surface area contributed by atoms with Gasteiger partial charge in [0, 0.05) is 31.1 Å². The highest BCUT2D eigenvalue weighted by molar-refractivity contribution is 5.87. The molecule has 0 radical (unpaired) electrons. The van der Waals surface area contributed by atoms with Gasteiger partial charge < -0.3 is 28.6 Å². The maximum atomic E-state index is 14.6. The van der Waals surface area contributed by atoms with Crippen LogP contribution in [0.5, 0.6) is 11.6 Å². The number of fused-ring (bicyclic) bond motifs is 5. The molecule has 1 aromatic carbocycles. The van der Waals surface area contributed by atoms with Crippen LogP contribution in [0, 0.1) is 23.2 Å². The van der Waals surface area contributed by atoms with E-state index in [-0.39, 0.29) is 30.8 Å². The lowest BCUT2D eigenvalue weighted by molar-refractivity contribution is -0.160. The minimum absolute atomic E-state index is 0.00975. The first-order valence-electron chi connectivity index (χ1n) is 16.7. The second kappa shape index (κ2) is 12.9. The van der Waals surface area contributed by atoms with Gasteiger partial charge in [-0.15, -0.1) is 0 Å². The Morgan fingerprint density at radius 3 is 2.62 bits per heavy atom. The summed E-state index contributed by atoms with van der Waals surface area (Å²) in [5, 5.41) is 0. The van der Waals surface area contributed by atoms with Crippen LogP contribution in [0.15, 0.2) is 18.2 Å². The van der Waals surface area contributed by atoms with Crippen LogP contribution in [0.4, 0.5) is 0 Å². The first kappa shape index (κ1) is 31.7. The van der Waals surface area contributed by atoms with E-state index in [9.17, 15) is 14.4 Å². The van der Waals surface area contributed by atoms with Gasteiger partial charge in [-0.25, -0.2) is 9.97 Å². The zero-order valence-corrected chi connectivity index (χ0v) is 27.1. The molecule has 10 heteroatoms. The van der Waals surface area contributed by atoms with E-state index in [2.05, 4.69) is 6.92 Å². The fourth-order valence-corrected chi connectivity index (χ4v) is 7.83. The molecule has 4 heterocycles. The van der Waals surface area contributed by atoms with E-state index in [0.717, 1.165) is 49.6 Å². The summed E-state index contributed by atoms with van der Waals surface area (Å²) in [6.07, 6.45) is 7.86. The molecule has 2 saturated heterocycles. The van der Waals surface area contributed by atoms with E-state index in [4.69, 9.17) is 28.9 Å². The van der Waals surface area contributed by atoms with E-state index in [0.29, 0.717) is 62.0 Å². The minimum Gasteiger partial charge on any atom is -0.497 e. The van der Waals surface area contributed by atoms with E-state index in [1.807, 2.05) is 32.0 Å². The summed E-state index contributed by atoms with van der Waals surface area (Å²) in [5.41, 5.74) is 1.29. The Labute approximate surface area is 265 Å². The van der Waals surface area contributed by atoms with Crippen molar-refractivity contribution < 1.29 is 33.3 Å². The summed E-state index contributed by atoms with van der Waals surface area (Å²) in [6, 6.07) is 4.96. The van der Waals surface area contributed by atoms with Crippen LogP contribution in [0.1, 0.15) is 84.3 Å². The van der Waals surface area contributed by atoms with Gasteiger partial charge in [-0.1, -0.05) is 26.7 Å². The Balaban J connectivity index is 1.37. The fourth-order valence-electron chi connectivity index (χ4n) is 7.83. The van der Waals surface area contributed by atoms with Gasteiger partial charge in [0.05, 0.1) is 43.1 Å². The lowest BCUT2D eigenvalue weighted by Crippen LogP contribution is -2.49. The number of carbonyl (C=O) groups excluding carboxylic acids is 3. The first-order valence-corrected chi connectivity index (χ1v) is 16.7. The number of ether oxygens (including phenoxy) is 4. The smallest absolute Gasteiger partial charge is 0.307 e. The summed E-state index contributed by atoms with van der Waals surface area (Å²) in [4.78, 5) is 52.3. The van der Waals surface area contributed by atoms with E-state index < -0.39 is 29.1 Å². The molecule has 10 nitrogen and oxygen atoms in total. The number of aldehydes is 1. The number of rotatable bonds is 4. The molecule has 1 amide bonds. The van der Waals surface area contributed by atoms with Crippen molar-refractivity contribution >= 4 is 29.2 Å². The van der Waals surface area contributed by atoms with Crippen molar-refractivity contribution in [3.8, 4) is 11.6 Å². The molecule has 6 atom stereocenters. The molecule has 0 unspecified atom stereocenters. The van der Waals surface area contributed by atoms with Crippen molar-refractivity contribution in [2.24, 2.45) is 23.2 Å². The largest absolute Gasteiger partial charge is 0.497 e. The van der Waals surface area contributed by atoms with Crippen molar-refractivity contribution in [2.45, 2.75) is 103 Å². The molecule has 3 fully saturated rings. The number of methoxy groups -OCH3 is 1. The number of amides is 1. The Bertz CT molecular complexity index is 1430. The highest BCUT2D eigenvalue weighted by atomic mass is 16.6. The van der Waals surface area contributed by atoms with Crippen molar-refractivity contribution in [3.05, 3.63) is 23.9 Å². The average Bonchev–Trinajstić information content (AvgIpc) is 3.52. The molecule has 1 saturated carbocycles. The molecule has 2 bridgehead atoms. The van der Waals surface area contributed by atoms with Crippen LogP contribution in [-0.2, 0) is 30.3 Å². The molecule has 0 N–H and O–H groups in total. The highest BCUT2D eigenvalue weighted by Crippen LogP contribution is 2.51. The van der Waals surface area contributed by atoms with Crippen LogP contribution in [0.25, 0.3) is 11.0 Å². The molecule has 1 aromatic heterocycles. The van der Waals surface area contributed by atoms with Gasteiger partial charge in [-0.2, -0.15) is 0 Å². The van der Waals surface area contributed by atoms with Crippen LogP contribution in [-0.4, -0.2) is 77.6 Å². The van der Waals surface area contributed by atoms with Crippen molar-refractivity contribution in [2.75, 3.05) is 26.9 Å². The highest BCUT2D eigenvalue weighted by Gasteiger charge is 2.55. The zero-order valence-electron chi connectivity index (χ0n) is 27.1. The number of nitrogens with zero attached hydrogens (tertiary/aromatic N) is 3. The molecule has 0 spiro atoms. The molecular weight excluding hydrogens is 574 g/mol. The maximum Gasteiger partial charge on any atom is 0.307 e. The van der Waals surface area contributed by atoms with Gasteiger partial charge in [0.2, 0.25) is 11.8 Å². The SMILES string of the molecule is CC[C@@H]1[C@@H]2CN(C(=O)[C@H](C3(C)CCOCC3)CC(=O)O[C@]3(C)C[C@H]3CCCCCc3nc4ccc(OC)cc4nc3O2)[C@@H]1C=O. The number of aryl methyl sites for hydroxylation is 1. The quantitative estimate of drug-likeness (QED) is 0.340. The van der Waals surface area contributed by atoms with E-state index >= 15 is 0 Å². The summed E-state index contributed by atoms with van der Waals surface area (Å²) in [5.74, 6) is 0.0742. The number of esters is 1. The Morgan fingerprint density at radius 2 is 1.89 bits per heavy atom. The minimum atomic E-state index is -0.668. The number of hydrogen-bond donors (Lipinski definition) is 0. The predicted octanol–water partition coefficient (Wildman–Crippen LogP) is 5.08. The van der Waals surface area contributed by atoms with Crippen molar-refractivity contribution in [1.82, 2.24) is 14.9 Å². The van der Waals surface area contributed by atoms with Gasteiger partial charge in [0.15, 0.2) is 0 Å². The molecule has 6 rings (SSSR count). The summed E-state index contributed by atoms with van der Waals surface area (Å²) in [6.45, 7) is 7.40. The third-order valence-corrected chi connectivity index (χ3v) is 11.0. The lowest BCUT2D eigenvalue weighted by atomic mass is 9.69. The number of hydrogen-bond acceptors (Lipinski definition) is 9. The second-order valence-electron chi connectivity index (χ2n) is 14.0. The lowest BCUT2D eigenvalue weighted by Gasteiger charge is -2.41. The third-order valence-electron chi connectivity index (χ3n) is 11.0. The number of carbonyl (C=O) groups is 3. The summed E-state index contributed by atoms with van der Waals surface area (Å²) < 4.78 is 23.9. The summed E-state index contributed by atoms with van der Waals surface area (Å²) >= 11 is 0. The van der Waals surface area contributed by atoms with Gasteiger partial charge in [0.1, 0.15) is 29.4 Å². The van der Waals surface area contributed by atoms with E-state index in [1.165, 1.54) is 0 Å². The van der Waals surface area contributed by atoms with Gasteiger partial charge in [-0.3, -0.25) is 9.59 Å². The normalized spacial score (nSPS) is 32.4. The molecule has 2 aromatic rings. The van der Waals surface area contributed by atoms with Gasteiger partial charge >= 0.3 is 5.97 Å². The summed E-state index contributed by atoms with van der Waals surface area (Å²) in [7, 11) is 1.62. The topological polar surface area (TPSA) is 117 Å². The van der Waals surface area contributed by atoms with Crippen LogP contribution < -0.4 is 9.47 Å².